The molecule has 0 aliphatic heterocycles. The summed E-state index contributed by atoms with van der Waals surface area (Å²) in [5.74, 6) is -0.555. The monoisotopic (exact) mass is 288 g/mol. The van der Waals surface area contributed by atoms with Crippen LogP contribution in [0.5, 0.6) is 0 Å². The quantitative estimate of drug-likeness (QED) is 0.944. The number of imidazole rings is 1. The summed E-state index contributed by atoms with van der Waals surface area (Å²) in [6.07, 6.45) is 4.19. The van der Waals surface area contributed by atoms with E-state index in [2.05, 4.69) is 4.98 Å². The summed E-state index contributed by atoms with van der Waals surface area (Å²) in [4.78, 5) is 15.6. The van der Waals surface area contributed by atoms with Crippen LogP contribution in [0.1, 0.15) is 46.0 Å². The Kier molecular flexibility index (Phi) is 3.49. The average Bonchev–Trinajstić information content (AvgIpc) is 2.77. The summed E-state index contributed by atoms with van der Waals surface area (Å²) < 4.78 is 16.0. The second-order valence-electron chi connectivity index (χ2n) is 5.46. The smallest absolute Gasteiger partial charge is 0.335 e. The summed E-state index contributed by atoms with van der Waals surface area (Å²) >= 11 is 0. The number of aryl methyl sites for hydroxylation is 2. The van der Waals surface area contributed by atoms with E-state index in [1.165, 1.54) is 23.9 Å². The Hall–Kier alpha value is -2.17. The van der Waals surface area contributed by atoms with Gasteiger partial charge in [-0.05, 0) is 50.8 Å². The Morgan fingerprint density at radius 2 is 2.14 bits per heavy atom. The van der Waals surface area contributed by atoms with Gasteiger partial charge in [0.2, 0.25) is 0 Å². The Bertz CT molecular complexity index is 707. The van der Waals surface area contributed by atoms with Gasteiger partial charge in [-0.2, -0.15) is 0 Å². The van der Waals surface area contributed by atoms with Crippen LogP contribution in [0.3, 0.4) is 0 Å². The molecule has 1 aromatic heterocycles. The lowest BCUT2D eigenvalue weighted by atomic mass is 10.0. The zero-order valence-electron chi connectivity index (χ0n) is 11.9. The fraction of sp³-hybridized carbons (Fsp3) is 0.375. The Labute approximate surface area is 122 Å². The fourth-order valence-electron chi connectivity index (χ4n) is 2.94. The molecule has 21 heavy (non-hydrogen) atoms. The van der Waals surface area contributed by atoms with Gasteiger partial charge in [-0.25, -0.2) is 14.2 Å². The topological polar surface area (TPSA) is 55.1 Å². The number of rotatable bonds is 3. The van der Waals surface area contributed by atoms with Crippen LogP contribution < -0.4 is 0 Å². The zero-order chi connectivity index (χ0) is 15.0. The number of fused-ring (bicyclic) bond motifs is 1. The van der Waals surface area contributed by atoms with Crippen molar-refractivity contribution in [2.75, 3.05) is 0 Å². The van der Waals surface area contributed by atoms with Crippen molar-refractivity contribution in [2.45, 2.75) is 39.2 Å². The van der Waals surface area contributed by atoms with Crippen LogP contribution in [0.15, 0.2) is 18.2 Å². The van der Waals surface area contributed by atoms with Crippen LogP contribution in [-0.4, -0.2) is 20.6 Å². The molecule has 1 heterocycles. The highest BCUT2D eigenvalue weighted by Crippen LogP contribution is 2.24. The third kappa shape index (κ3) is 2.55. The molecule has 2 aromatic rings. The summed E-state index contributed by atoms with van der Waals surface area (Å²) in [6, 6.07) is 3.92. The van der Waals surface area contributed by atoms with Gasteiger partial charge in [0.05, 0.1) is 17.8 Å². The number of nitrogens with zero attached hydrogens (tertiary/aromatic N) is 2. The Balaban J connectivity index is 1.99. The summed E-state index contributed by atoms with van der Waals surface area (Å²) in [5.41, 5.74) is 2.77. The number of carboxylic acids is 1. The predicted octanol–water partition coefficient (Wildman–Crippen LogP) is 2.96. The van der Waals surface area contributed by atoms with Gasteiger partial charge in [-0.15, -0.1) is 0 Å². The van der Waals surface area contributed by atoms with E-state index < -0.39 is 5.97 Å². The van der Waals surface area contributed by atoms with Crippen molar-refractivity contribution in [3.8, 4) is 0 Å². The molecule has 3 rings (SSSR count). The largest absolute Gasteiger partial charge is 0.478 e. The molecular formula is C16H17FN2O2. The molecule has 1 N–H and O–H groups in total. The van der Waals surface area contributed by atoms with E-state index >= 15 is 0 Å². The lowest BCUT2D eigenvalue weighted by Gasteiger charge is -2.15. The fourth-order valence-corrected chi connectivity index (χ4v) is 2.94. The molecule has 110 valence electrons. The molecule has 4 nitrogen and oxygen atoms in total. The molecule has 1 aliphatic carbocycles. The minimum atomic E-state index is -1.04. The summed E-state index contributed by atoms with van der Waals surface area (Å²) in [7, 11) is 0. The first-order valence-electron chi connectivity index (χ1n) is 7.13. The number of aromatic carboxylic acids is 1. The van der Waals surface area contributed by atoms with Crippen molar-refractivity contribution >= 4 is 5.97 Å². The highest BCUT2D eigenvalue weighted by molar-refractivity contribution is 5.87. The van der Waals surface area contributed by atoms with Gasteiger partial charge in [-0.3, -0.25) is 0 Å². The molecule has 0 radical (unpaired) electrons. The summed E-state index contributed by atoms with van der Waals surface area (Å²) in [5, 5.41) is 9.03. The van der Waals surface area contributed by atoms with Gasteiger partial charge in [0.15, 0.2) is 0 Å². The number of hydrogen-bond acceptors (Lipinski definition) is 2. The van der Waals surface area contributed by atoms with E-state index in [0.717, 1.165) is 37.2 Å². The van der Waals surface area contributed by atoms with Gasteiger partial charge in [0.25, 0.3) is 0 Å². The first-order chi connectivity index (χ1) is 10.1. The molecule has 0 saturated carbocycles. The van der Waals surface area contributed by atoms with Crippen molar-refractivity contribution in [1.82, 2.24) is 9.55 Å². The number of carboxylic acid groups (broad SMARTS) is 1. The van der Waals surface area contributed by atoms with Gasteiger partial charge in [0, 0.05) is 11.3 Å². The molecule has 0 unspecified atom stereocenters. The van der Waals surface area contributed by atoms with Crippen molar-refractivity contribution in [3.05, 3.63) is 52.4 Å². The van der Waals surface area contributed by atoms with Crippen LogP contribution in [0, 0.1) is 12.7 Å². The van der Waals surface area contributed by atoms with Crippen molar-refractivity contribution in [1.29, 1.82) is 0 Å². The molecule has 0 saturated heterocycles. The van der Waals surface area contributed by atoms with E-state index in [1.54, 1.807) is 0 Å². The second kappa shape index (κ2) is 5.31. The molecular weight excluding hydrogens is 271 g/mol. The first-order valence-corrected chi connectivity index (χ1v) is 7.13. The molecule has 0 spiro atoms. The number of aromatic nitrogens is 2. The molecule has 5 heteroatoms. The van der Waals surface area contributed by atoms with E-state index in [-0.39, 0.29) is 11.4 Å². The van der Waals surface area contributed by atoms with E-state index in [0.29, 0.717) is 12.1 Å². The van der Waals surface area contributed by atoms with Crippen molar-refractivity contribution < 1.29 is 14.3 Å². The average molecular weight is 288 g/mol. The number of benzene rings is 1. The van der Waals surface area contributed by atoms with Crippen LogP contribution in [0.2, 0.25) is 0 Å². The third-order valence-electron chi connectivity index (χ3n) is 4.04. The summed E-state index contributed by atoms with van der Waals surface area (Å²) in [6.45, 7) is 2.25. The van der Waals surface area contributed by atoms with E-state index in [9.17, 15) is 9.18 Å². The SMILES string of the molecule is Cc1nc2c(n1Cc1cc(C(=O)O)ccc1F)CCCC2. The molecule has 1 aromatic carbocycles. The molecule has 0 fully saturated rings. The maximum absolute atomic E-state index is 14.0. The molecule has 0 atom stereocenters. The molecule has 1 aliphatic rings. The van der Waals surface area contributed by atoms with Gasteiger partial charge < -0.3 is 9.67 Å². The minimum absolute atomic E-state index is 0.109. The van der Waals surface area contributed by atoms with Gasteiger partial charge in [0.1, 0.15) is 11.6 Å². The zero-order valence-corrected chi connectivity index (χ0v) is 11.9. The number of carbonyl (C=O) groups is 1. The normalized spacial score (nSPS) is 14.0. The lowest BCUT2D eigenvalue weighted by Crippen LogP contribution is -2.12. The maximum atomic E-state index is 14.0. The van der Waals surface area contributed by atoms with Crippen molar-refractivity contribution in [3.63, 3.8) is 0 Å². The first kappa shape index (κ1) is 13.8. The Morgan fingerprint density at radius 1 is 1.38 bits per heavy atom. The van der Waals surface area contributed by atoms with Crippen LogP contribution >= 0.6 is 0 Å². The highest BCUT2D eigenvalue weighted by Gasteiger charge is 2.19. The van der Waals surface area contributed by atoms with E-state index in [1.807, 2.05) is 11.5 Å². The molecule has 0 bridgehead atoms. The predicted molar refractivity (Wildman–Crippen MR) is 76.1 cm³/mol. The minimum Gasteiger partial charge on any atom is -0.478 e. The highest BCUT2D eigenvalue weighted by atomic mass is 19.1. The maximum Gasteiger partial charge on any atom is 0.335 e. The molecule has 0 amide bonds. The lowest BCUT2D eigenvalue weighted by molar-refractivity contribution is 0.0696. The van der Waals surface area contributed by atoms with Crippen LogP contribution in [0.25, 0.3) is 0 Å². The van der Waals surface area contributed by atoms with Gasteiger partial charge >= 0.3 is 5.97 Å². The van der Waals surface area contributed by atoms with Crippen LogP contribution in [0.4, 0.5) is 4.39 Å². The third-order valence-corrected chi connectivity index (χ3v) is 4.04. The van der Waals surface area contributed by atoms with Crippen molar-refractivity contribution in [2.24, 2.45) is 0 Å². The van der Waals surface area contributed by atoms with E-state index in [4.69, 9.17) is 5.11 Å². The van der Waals surface area contributed by atoms with Gasteiger partial charge in [-0.1, -0.05) is 0 Å². The number of halogens is 1. The van der Waals surface area contributed by atoms with Crippen LogP contribution in [-0.2, 0) is 19.4 Å². The Morgan fingerprint density at radius 3 is 2.90 bits per heavy atom. The second-order valence-corrected chi connectivity index (χ2v) is 5.46. The standard InChI is InChI=1S/C16H17FN2O2/c1-10-18-14-4-2-3-5-15(14)19(10)9-12-8-11(16(20)21)6-7-13(12)17/h6-8H,2-5,9H2,1H3,(H,20,21). The number of hydrogen-bond donors (Lipinski definition) is 1.